The Morgan fingerprint density at radius 2 is 1.59 bits per heavy atom. The molecule has 0 amide bonds. The number of nitrogens with zero attached hydrogens (tertiary/aromatic N) is 2. The summed E-state index contributed by atoms with van der Waals surface area (Å²) in [6.45, 7) is 3.03. The molecular weight excluding hydrogens is 283 g/mol. The summed E-state index contributed by atoms with van der Waals surface area (Å²) >= 11 is 0. The smallest absolute Gasteiger partial charge is 0.335 e. The van der Waals surface area contributed by atoms with Gasteiger partial charge in [-0.1, -0.05) is 18.2 Å². The van der Waals surface area contributed by atoms with Gasteiger partial charge in [0.2, 0.25) is 0 Å². The maximum Gasteiger partial charge on any atom is 0.335 e. The fourth-order valence-corrected chi connectivity index (χ4v) is 2.74. The Kier molecular flexibility index (Phi) is 3.96. The Morgan fingerprint density at radius 1 is 0.955 bits per heavy atom. The Labute approximate surface area is 128 Å². The SMILES string of the molecule is O=C(O)c1ccc(N2CCN(c3ccccc3)CC2)c(F)c1. The summed E-state index contributed by atoms with van der Waals surface area (Å²) in [4.78, 5) is 15.1. The number of piperazine rings is 1. The number of carboxylic acids is 1. The van der Waals surface area contributed by atoms with Crippen LogP contribution in [0.2, 0.25) is 0 Å². The molecule has 0 unspecified atom stereocenters. The molecule has 0 aromatic heterocycles. The van der Waals surface area contributed by atoms with Crippen molar-refractivity contribution in [3.63, 3.8) is 0 Å². The Morgan fingerprint density at radius 3 is 2.18 bits per heavy atom. The molecule has 2 aromatic carbocycles. The van der Waals surface area contributed by atoms with Gasteiger partial charge in [0.25, 0.3) is 0 Å². The van der Waals surface area contributed by atoms with Gasteiger partial charge in [-0.2, -0.15) is 0 Å². The minimum absolute atomic E-state index is 0.0239. The standard InChI is InChI=1S/C17H17FN2O2/c18-15-12-13(17(21)22)6-7-16(15)20-10-8-19(9-11-20)14-4-2-1-3-5-14/h1-7,12H,8-11H2,(H,21,22). The molecule has 1 saturated heterocycles. The molecule has 0 bridgehead atoms. The third-order valence-corrected chi connectivity index (χ3v) is 3.94. The number of hydrogen-bond donors (Lipinski definition) is 1. The van der Waals surface area contributed by atoms with Crippen LogP contribution < -0.4 is 9.80 Å². The fraction of sp³-hybridized carbons (Fsp3) is 0.235. The van der Waals surface area contributed by atoms with Gasteiger partial charge in [-0.3, -0.25) is 0 Å². The van der Waals surface area contributed by atoms with Crippen LogP contribution in [-0.2, 0) is 0 Å². The van der Waals surface area contributed by atoms with Crippen molar-refractivity contribution in [3.8, 4) is 0 Å². The van der Waals surface area contributed by atoms with E-state index in [9.17, 15) is 9.18 Å². The molecule has 0 spiro atoms. The number of anilines is 2. The second-order valence-electron chi connectivity index (χ2n) is 5.28. The van der Waals surface area contributed by atoms with Crippen LogP contribution in [0.25, 0.3) is 0 Å². The molecule has 3 rings (SSSR count). The van der Waals surface area contributed by atoms with Crippen molar-refractivity contribution in [2.24, 2.45) is 0 Å². The van der Waals surface area contributed by atoms with Crippen molar-refractivity contribution in [2.45, 2.75) is 0 Å². The highest BCUT2D eigenvalue weighted by Crippen LogP contribution is 2.23. The summed E-state index contributed by atoms with van der Waals surface area (Å²) in [7, 11) is 0. The molecule has 1 fully saturated rings. The van der Waals surface area contributed by atoms with E-state index in [0.717, 1.165) is 19.2 Å². The summed E-state index contributed by atoms with van der Waals surface area (Å²) in [5.74, 6) is -1.59. The maximum absolute atomic E-state index is 14.1. The second kappa shape index (κ2) is 6.05. The maximum atomic E-state index is 14.1. The van der Waals surface area contributed by atoms with E-state index in [0.29, 0.717) is 18.8 Å². The summed E-state index contributed by atoms with van der Waals surface area (Å²) in [5, 5.41) is 8.88. The van der Waals surface area contributed by atoms with Gasteiger partial charge < -0.3 is 14.9 Å². The first-order valence-electron chi connectivity index (χ1n) is 7.23. The van der Waals surface area contributed by atoms with Gasteiger partial charge in [0.15, 0.2) is 0 Å². The number of benzene rings is 2. The highest BCUT2D eigenvalue weighted by molar-refractivity contribution is 5.88. The monoisotopic (exact) mass is 300 g/mol. The average Bonchev–Trinajstić information content (AvgIpc) is 2.56. The van der Waals surface area contributed by atoms with E-state index < -0.39 is 11.8 Å². The molecule has 0 radical (unpaired) electrons. The average molecular weight is 300 g/mol. The third kappa shape index (κ3) is 2.88. The molecule has 1 heterocycles. The Balaban J connectivity index is 1.70. The minimum atomic E-state index is -1.11. The molecule has 1 aliphatic heterocycles. The molecule has 2 aromatic rings. The van der Waals surface area contributed by atoms with Gasteiger partial charge in [0.1, 0.15) is 5.82 Å². The van der Waals surface area contributed by atoms with Crippen molar-refractivity contribution in [1.82, 2.24) is 0 Å². The Hall–Kier alpha value is -2.56. The molecule has 22 heavy (non-hydrogen) atoms. The topological polar surface area (TPSA) is 43.8 Å². The molecule has 1 N–H and O–H groups in total. The summed E-state index contributed by atoms with van der Waals surface area (Å²) in [5.41, 5.74) is 1.62. The first kappa shape index (κ1) is 14.4. The predicted octanol–water partition coefficient (Wildman–Crippen LogP) is 2.85. The summed E-state index contributed by atoms with van der Waals surface area (Å²) in [6, 6.07) is 14.2. The zero-order valence-corrected chi connectivity index (χ0v) is 12.1. The molecule has 5 heteroatoms. The zero-order valence-electron chi connectivity index (χ0n) is 12.1. The number of carbonyl (C=O) groups is 1. The van der Waals surface area contributed by atoms with Crippen LogP contribution in [0, 0.1) is 5.82 Å². The molecule has 114 valence electrons. The first-order chi connectivity index (χ1) is 10.6. The molecule has 0 aliphatic carbocycles. The van der Waals surface area contributed by atoms with Crippen molar-refractivity contribution < 1.29 is 14.3 Å². The van der Waals surface area contributed by atoms with E-state index in [1.807, 2.05) is 23.1 Å². The van der Waals surface area contributed by atoms with E-state index in [1.54, 1.807) is 6.07 Å². The van der Waals surface area contributed by atoms with Crippen molar-refractivity contribution >= 4 is 17.3 Å². The molecule has 0 atom stereocenters. The quantitative estimate of drug-likeness (QED) is 0.946. The number of hydrogen-bond acceptors (Lipinski definition) is 3. The fourth-order valence-electron chi connectivity index (χ4n) is 2.74. The largest absolute Gasteiger partial charge is 0.478 e. The summed E-state index contributed by atoms with van der Waals surface area (Å²) in [6.07, 6.45) is 0. The van der Waals surface area contributed by atoms with Crippen molar-refractivity contribution in [3.05, 3.63) is 59.9 Å². The van der Waals surface area contributed by atoms with Crippen LogP contribution in [-0.4, -0.2) is 37.3 Å². The van der Waals surface area contributed by atoms with Crippen LogP contribution in [0.3, 0.4) is 0 Å². The van der Waals surface area contributed by atoms with E-state index in [2.05, 4.69) is 17.0 Å². The first-order valence-corrected chi connectivity index (χ1v) is 7.23. The lowest BCUT2D eigenvalue weighted by Crippen LogP contribution is -2.46. The third-order valence-electron chi connectivity index (χ3n) is 3.94. The lowest BCUT2D eigenvalue weighted by atomic mass is 10.1. The number of para-hydroxylation sites is 1. The second-order valence-corrected chi connectivity index (χ2v) is 5.28. The number of rotatable bonds is 3. The van der Waals surface area contributed by atoms with E-state index in [-0.39, 0.29) is 5.56 Å². The van der Waals surface area contributed by atoms with Gasteiger partial charge in [0.05, 0.1) is 11.3 Å². The molecule has 4 nitrogen and oxygen atoms in total. The predicted molar refractivity (Wildman–Crippen MR) is 84.2 cm³/mol. The van der Waals surface area contributed by atoms with Gasteiger partial charge >= 0.3 is 5.97 Å². The summed E-state index contributed by atoms with van der Waals surface area (Å²) < 4.78 is 14.1. The minimum Gasteiger partial charge on any atom is -0.478 e. The zero-order chi connectivity index (χ0) is 15.5. The van der Waals surface area contributed by atoms with Gasteiger partial charge in [-0.15, -0.1) is 0 Å². The van der Waals surface area contributed by atoms with Crippen LogP contribution in [0.1, 0.15) is 10.4 Å². The number of halogens is 1. The van der Waals surface area contributed by atoms with Crippen molar-refractivity contribution in [2.75, 3.05) is 36.0 Å². The van der Waals surface area contributed by atoms with Crippen LogP contribution in [0.5, 0.6) is 0 Å². The molecular formula is C17H17FN2O2. The molecule has 0 saturated carbocycles. The highest BCUT2D eigenvalue weighted by Gasteiger charge is 2.20. The van der Waals surface area contributed by atoms with Crippen LogP contribution in [0.15, 0.2) is 48.5 Å². The van der Waals surface area contributed by atoms with E-state index in [1.165, 1.54) is 11.8 Å². The van der Waals surface area contributed by atoms with Gasteiger partial charge in [-0.25, -0.2) is 9.18 Å². The van der Waals surface area contributed by atoms with Gasteiger partial charge in [0, 0.05) is 31.9 Å². The van der Waals surface area contributed by atoms with Crippen molar-refractivity contribution in [1.29, 1.82) is 0 Å². The Bertz CT molecular complexity index is 668. The highest BCUT2D eigenvalue weighted by atomic mass is 19.1. The molecule has 1 aliphatic rings. The normalized spacial score (nSPS) is 15.0. The van der Waals surface area contributed by atoms with Gasteiger partial charge in [-0.05, 0) is 30.3 Å². The number of aromatic carboxylic acids is 1. The lowest BCUT2D eigenvalue weighted by Gasteiger charge is -2.37. The number of carboxylic acid groups (broad SMARTS) is 1. The van der Waals surface area contributed by atoms with E-state index in [4.69, 9.17) is 5.11 Å². The van der Waals surface area contributed by atoms with Crippen LogP contribution >= 0.6 is 0 Å². The lowest BCUT2D eigenvalue weighted by molar-refractivity contribution is 0.0696. The van der Waals surface area contributed by atoms with E-state index >= 15 is 0 Å². The van der Waals surface area contributed by atoms with Crippen LogP contribution in [0.4, 0.5) is 15.8 Å².